The van der Waals surface area contributed by atoms with E-state index >= 15 is 0 Å². The Balaban J connectivity index is 2.87. The predicted molar refractivity (Wildman–Crippen MR) is 138 cm³/mol. The van der Waals surface area contributed by atoms with Crippen molar-refractivity contribution in [1.82, 2.24) is 14.7 Å². The molecule has 1 aliphatic rings. The summed E-state index contributed by atoms with van der Waals surface area (Å²) in [6.45, 7) is 16.3. The first-order chi connectivity index (χ1) is 16.2. The molecule has 0 spiro atoms. The maximum absolute atomic E-state index is 13.0. The maximum Gasteiger partial charge on any atom is 0.316 e. The van der Waals surface area contributed by atoms with Gasteiger partial charge in [0.2, 0.25) is 5.91 Å². The van der Waals surface area contributed by atoms with Gasteiger partial charge in [-0.15, -0.1) is 0 Å². The van der Waals surface area contributed by atoms with Crippen molar-refractivity contribution < 1.29 is 19.1 Å². The molecule has 0 saturated carbocycles. The molecule has 34 heavy (non-hydrogen) atoms. The van der Waals surface area contributed by atoms with Crippen molar-refractivity contribution in [3.05, 3.63) is 0 Å². The van der Waals surface area contributed by atoms with Gasteiger partial charge in [0.15, 0.2) is 0 Å². The second kappa shape index (κ2) is 17.0. The molecule has 1 heterocycles. The highest BCUT2D eigenvalue weighted by atomic mass is 16.5. The van der Waals surface area contributed by atoms with Crippen LogP contribution in [0.3, 0.4) is 0 Å². The van der Waals surface area contributed by atoms with Crippen molar-refractivity contribution in [3.8, 4) is 0 Å². The van der Waals surface area contributed by atoms with Crippen LogP contribution in [0.1, 0.15) is 79.6 Å². The molecular formula is C27H51N3O4. The number of esters is 1. The number of rotatable bonds is 6. The molecular weight excluding hydrogens is 430 g/mol. The number of likely N-dealkylation sites (N-methyl/N-ethyl adjacent to an activating group) is 2. The zero-order chi connectivity index (χ0) is 25.5. The average molecular weight is 482 g/mol. The van der Waals surface area contributed by atoms with Crippen molar-refractivity contribution in [2.75, 3.05) is 59.5 Å². The molecule has 198 valence electrons. The monoisotopic (exact) mass is 481 g/mol. The Morgan fingerprint density at radius 2 is 1.74 bits per heavy atom. The van der Waals surface area contributed by atoms with Crippen LogP contribution in [-0.2, 0) is 19.1 Å². The van der Waals surface area contributed by atoms with Gasteiger partial charge in [-0.25, -0.2) is 0 Å². The van der Waals surface area contributed by atoms with Gasteiger partial charge < -0.3 is 14.5 Å². The molecule has 0 aromatic heterocycles. The lowest BCUT2D eigenvalue weighted by Crippen LogP contribution is -2.44. The van der Waals surface area contributed by atoms with Crippen molar-refractivity contribution in [2.24, 2.45) is 17.8 Å². The van der Waals surface area contributed by atoms with E-state index in [0.717, 1.165) is 51.9 Å². The van der Waals surface area contributed by atoms with Gasteiger partial charge in [-0.3, -0.25) is 19.3 Å². The summed E-state index contributed by atoms with van der Waals surface area (Å²) < 4.78 is 5.50. The fourth-order valence-electron chi connectivity index (χ4n) is 4.83. The highest BCUT2D eigenvalue weighted by Gasteiger charge is 2.27. The number of carbonyl (C=O) groups is 3. The number of hydrogen-bond donors (Lipinski definition) is 0. The molecule has 1 aliphatic heterocycles. The summed E-state index contributed by atoms with van der Waals surface area (Å²) in [5, 5.41) is 0. The molecule has 0 bridgehead atoms. The minimum absolute atomic E-state index is 0.0257. The van der Waals surface area contributed by atoms with Crippen LogP contribution in [0.5, 0.6) is 0 Å². The van der Waals surface area contributed by atoms with E-state index in [4.69, 9.17) is 4.74 Å². The van der Waals surface area contributed by atoms with E-state index in [1.54, 1.807) is 0 Å². The van der Waals surface area contributed by atoms with Gasteiger partial charge >= 0.3 is 5.97 Å². The zero-order valence-electron chi connectivity index (χ0n) is 22.8. The highest BCUT2D eigenvalue weighted by Crippen LogP contribution is 2.21. The van der Waals surface area contributed by atoms with E-state index in [9.17, 15) is 14.4 Å². The minimum atomic E-state index is -0.633. The molecule has 0 aliphatic carbocycles. The Morgan fingerprint density at radius 1 is 1.03 bits per heavy atom. The van der Waals surface area contributed by atoms with Gasteiger partial charge in [-0.1, -0.05) is 41.0 Å². The quantitative estimate of drug-likeness (QED) is 0.424. The number of carbonyl (C=O) groups excluding carboxylic acids is 3. The Morgan fingerprint density at radius 3 is 2.38 bits per heavy atom. The van der Waals surface area contributed by atoms with Crippen LogP contribution in [0, 0.1) is 17.8 Å². The smallest absolute Gasteiger partial charge is 0.316 e. The lowest BCUT2D eigenvalue weighted by molar-refractivity contribution is -0.152. The summed E-state index contributed by atoms with van der Waals surface area (Å²) in [6, 6.07) is 0. The van der Waals surface area contributed by atoms with Gasteiger partial charge in [0.1, 0.15) is 11.7 Å². The molecule has 0 aromatic carbocycles. The summed E-state index contributed by atoms with van der Waals surface area (Å²) in [4.78, 5) is 44.9. The van der Waals surface area contributed by atoms with E-state index in [1.807, 2.05) is 11.8 Å². The predicted octanol–water partition coefficient (Wildman–Crippen LogP) is 3.85. The number of cyclic esters (lactones) is 1. The van der Waals surface area contributed by atoms with Gasteiger partial charge in [0.05, 0.1) is 13.2 Å². The molecule has 1 saturated heterocycles. The van der Waals surface area contributed by atoms with Crippen molar-refractivity contribution in [1.29, 1.82) is 0 Å². The SMILES string of the molecule is CCCC1C(=O)CC[C@H](C)C[C@@H](C)CN(C)CCN(C(=O)CN(CC)CC)CCCCOC1=O. The van der Waals surface area contributed by atoms with Gasteiger partial charge in [-0.2, -0.15) is 0 Å². The first kappa shape index (κ1) is 30.6. The summed E-state index contributed by atoms with van der Waals surface area (Å²) >= 11 is 0. The maximum atomic E-state index is 13.0. The third kappa shape index (κ3) is 11.8. The van der Waals surface area contributed by atoms with Crippen molar-refractivity contribution in [2.45, 2.75) is 79.6 Å². The molecule has 7 nitrogen and oxygen atoms in total. The van der Waals surface area contributed by atoms with E-state index in [-0.39, 0.29) is 17.7 Å². The average Bonchev–Trinajstić information content (AvgIpc) is 2.79. The summed E-state index contributed by atoms with van der Waals surface area (Å²) in [5.41, 5.74) is 0. The Bertz CT molecular complexity index is 609. The molecule has 0 N–H and O–H groups in total. The third-order valence-corrected chi connectivity index (χ3v) is 6.99. The number of ketones is 1. The standard InChI is InChI=1S/C27H51N3O4/c1-7-12-24-25(31)14-13-22(4)19-23(5)20-28(6)16-17-30(15-10-11-18-34-27(24)33)26(32)21-29(8-2)9-3/h22-24H,7-21H2,1-6H3/t22-,23+,24?/m0/s1. The Labute approximate surface area is 208 Å². The van der Waals surface area contributed by atoms with Crippen molar-refractivity contribution >= 4 is 17.7 Å². The van der Waals surface area contributed by atoms with Gasteiger partial charge in [-0.05, 0) is 64.1 Å². The van der Waals surface area contributed by atoms with E-state index in [2.05, 4.69) is 44.5 Å². The first-order valence-corrected chi connectivity index (χ1v) is 13.6. The van der Waals surface area contributed by atoms with E-state index in [0.29, 0.717) is 57.3 Å². The summed E-state index contributed by atoms with van der Waals surface area (Å²) in [7, 11) is 2.13. The molecule has 1 amide bonds. The first-order valence-electron chi connectivity index (χ1n) is 13.6. The molecule has 1 rings (SSSR count). The van der Waals surface area contributed by atoms with Crippen LogP contribution in [0.15, 0.2) is 0 Å². The Kier molecular flexibility index (Phi) is 15.3. The van der Waals surface area contributed by atoms with Crippen LogP contribution in [-0.4, -0.2) is 91.8 Å². The topological polar surface area (TPSA) is 70.2 Å². The fourth-order valence-corrected chi connectivity index (χ4v) is 4.83. The third-order valence-electron chi connectivity index (χ3n) is 6.99. The van der Waals surface area contributed by atoms with E-state index < -0.39 is 5.92 Å². The van der Waals surface area contributed by atoms with Crippen molar-refractivity contribution in [3.63, 3.8) is 0 Å². The minimum Gasteiger partial charge on any atom is -0.465 e. The van der Waals surface area contributed by atoms with Crippen LogP contribution < -0.4 is 0 Å². The molecule has 7 heteroatoms. The number of ether oxygens (including phenoxy) is 1. The lowest BCUT2D eigenvalue weighted by Gasteiger charge is -2.29. The normalized spacial score (nSPS) is 25.6. The fraction of sp³-hybridized carbons (Fsp3) is 0.889. The second-order valence-corrected chi connectivity index (χ2v) is 10.3. The van der Waals surface area contributed by atoms with Crippen LogP contribution >= 0.6 is 0 Å². The number of amides is 1. The van der Waals surface area contributed by atoms with Gasteiger partial charge in [0, 0.05) is 32.6 Å². The van der Waals surface area contributed by atoms with Crippen LogP contribution in [0.2, 0.25) is 0 Å². The molecule has 1 unspecified atom stereocenters. The summed E-state index contributed by atoms with van der Waals surface area (Å²) in [5.74, 6) is 0.121. The number of hydrogen-bond acceptors (Lipinski definition) is 6. The zero-order valence-corrected chi connectivity index (χ0v) is 22.8. The second-order valence-electron chi connectivity index (χ2n) is 10.3. The molecule has 0 radical (unpaired) electrons. The lowest BCUT2D eigenvalue weighted by atomic mass is 9.89. The van der Waals surface area contributed by atoms with Crippen LogP contribution in [0.25, 0.3) is 0 Å². The summed E-state index contributed by atoms with van der Waals surface area (Å²) in [6.07, 6.45) is 5.13. The number of nitrogens with zero attached hydrogens (tertiary/aromatic N) is 3. The molecule has 3 atom stereocenters. The van der Waals surface area contributed by atoms with E-state index in [1.165, 1.54) is 0 Å². The number of Topliss-reactive ketones (excluding diaryl/α,β-unsaturated/α-hetero) is 1. The molecule has 1 fully saturated rings. The Hall–Kier alpha value is -1.47. The molecule has 0 aromatic rings. The van der Waals surface area contributed by atoms with Crippen LogP contribution in [0.4, 0.5) is 0 Å². The highest BCUT2D eigenvalue weighted by molar-refractivity contribution is 5.98. The largest absolute Gasteiger partial charge is 0.465 e. The van der Waals surface area contributed by atoms with Gasteiger partial charge in [0.25, 0.3) is 0 Å².